The van der Waals surface area contributed by atoms with E-state index in [9.17, 15) is 5.11 Å². The lowest BCUT2D eigenvalue weighted by atomic mass is 10.0. The summed E-state index contributed by atoms with van der Waals surface area (Å²) in [5.74, 6) is 0. The smallest absolute Gasteiger partial charge is 0.192 e. The average molecular weight is 1010 g/mol. The first-order valence-electron chi connectivity index (χ1n) is 29.7. The maximum Gasteiger partial charge on any atom is 0.192 e. The minimum atomic E-state index is -1.81. The summed E-state index contributed by atoms with van der Waals surface area (Å²) in [5, 5.41) is 10.5. The first-order valence-corrected chi connectivity index (χ1v) is 35.6. The fourth-order valence-electron chi connectivity index (χ4n) is 7.96. The zero-order valence-electron chi connectivity index (χ0n) is 48.6. The Balaban J connectivity index is 0.00000137. The van der Waals surface area contributed by atoms with Crippen molar-refractivity contribution in [3.05, 3.63) is 35.9 Å². The molecule has 6 nitrogen and oxygen atoms in total. The summed E-state index contributed by atoms with van der Waals surface area (Å²) in [6, 6.07) is 10.4. The van der Waals surface area contributed by atoms with Gasteiger partial charge in [0, 0.05) is 13.2 Å². The number of unbranched alkanes of at least 4 members (excludes halogenated alkanes) is 30. The number of rotatable bonds is 47. The summed E-state index contributed by atoms with van der Waals surface area (Å²) in [5.41, 5.74) is 1.20. The predicted molar refractivity (Wildman–Crippen MR) is 308 cm³/mol. The van der Waals surface area contributed by atoms with E-state index in [2.05, 4.69) is 106 Å². The summed E-state index contributed by atoms with van der Waals surface area (Å²) in [4.78, 5) is 0. The SMILES string of the molecule is CCCCCCCCCCCCCCCCCCOC[C@@H](CO[Si](C)(C)C(C)(C)C)OCc1ccccc1.CCCCCCCCCCCCCCCCCCOC[C@H](O)CO[Si](C)(C)C(C)(C)C. The fraction of sp³-hybridized carbons (Fsp3) is 0.902. The highest BCUT2D eigenvalue weighted by molar-refractivity contribution is 6.74. The number of hydrogen-bond donors (Lipinski definition) is 1. The van der Waals surface area contributed by atoms with E-state index in [0.29, 0.717) is 33.0 Å². The number of ether oxygens (including phenoxy) is 3. The van der Waals surface area contributed by atoms with Gasteiger partial charge in [-0.1, -0.05) is 278 Å². The van der Waals surface area contributed by atoms with Crippen molar-refractivity contribution in [2.24, 2.45) is 0 Å². The van der Waals surface area contributed by atoms with Crippen LogP contribution in [0.15, 0.2) is 30.3 Å². The molecule has 0 heterocycles. The Morgan fingerprint density at radius 3 is 1.04 bits per heavy atom. The first kappa shape index (κ1) is 68.4. The summed E-state index contributed by atoms with van der Waals surface area (Å²) >= 11 is 0. The third-order valence-electron chi connectivity index (χ3n) is 15.1. The van der Waals surface area contributed by atoms with Crippen molar-refractivity contribution in [2.45, 2.75) is 316 Å². The van der Waals surface area contributed by atoms with Crippen LogP contribution in [0, 0.1) is 0 Å². The van der Waals surface area contributed by atoms with E-state index in [1.807, 2.05) is 6.07 Å². The lowest BCUT2D eigenvalue weighted by Gasteiger charge is -2.37. The van der Waals surface area contributed by atoms with E-state index in [4.69, 9.17) is 23.1 Å². The van der Waals surface area contributed by atoms with Gasteiger partial charge in [-0.05, 0) is 54.7 Å². The van der Waals surface area contributed by atoms with E-state index in [-0.39, 0.29) is 16.2 Å². The minimum absolute atomic E-state index is 0.0228. The van der Waals surface area contributed by atoms with Crippen LogP contribution in [0.5, 0.6) is 0 Å². The molecule has 69 heavy (non-hydrogen) atoms. The van der Waals surface area contributed by atoms with Crippen molar-refractivity contribution < 1.29 is 28.2 Å². The van der Waals surface area contributed by atoms with Gasteiger partial charge in [-0.3, -0.25) is 0 Å². The van der Waals surface area contributed by atoms with Crippen molar-refractivity contribution in [3.8, 4) is 0 Å². The second-order valence-corrected chi connectivity index (χ2v) is 33.6. The van der Waals surface area contributed by atoms with Crippen LogP contribution in [-0.4, -0.2) is 73.6 Å². The lowest BCUT2D eigenvalue weighted by molar-refractivity contribution is -0.0476. The van der Waals surface area contributed by atoms with Gasteiger partial charge in [0.25, 0.3) is 0 Å². The highest BCUT2D eigenvalue weighted by Gasteiger charge is 2.38. The molecular formula is C61H122O6Si2. The van der Waals surface area contributed by atoms with Crippen LogP contribution in [0.25, 0.3) is 0 Å². The molecule has 0 saturated carbocycles. The Morgan fingerprint density at radius 1 is 0.406 bits per heavy atom. The van der Waals surface area contributed by atoms with Gasteiger partial charge in [-0.25, -0.2) is 0 Å². The number of aliphatic hydroxyl groups is 1. The van der Waals surface area contributed by atoms with Crippen LogP contribution in [0.3, 0.4) is 0 Å². The first-order chi connectivity index (χ1) is 33.0. The molecule has 410 valence electrons. The molecule has 0 aromatic heterocycles. The standard InChI is InChI=1S/C34H64O3Si.C27H58O3Si/c1-7-8-9-10-11-12-13-14-15-16-17-18-19-20-21-25-28-35-30-33(31-37-38(5,6)34(2,3)4)36-29-32-26-23-22-24-27-32;1-7-8-9-10-11-12-13-14-15-16-17-18-19-20-21-22-23-29-24-26(28)25-30-31(5,6)27(2,3)4/h22-24,26-27,33H,7-21,25,28-31H2,1-6H3;26,28H,7-25H2,1-6H3/t33-;26-/m00/s1. The van der Waals surface area contributed by atoms with Gasteiger partial charge in [0.15, 0.2) is 16.6 Å². The molecule has 0 amide bonds. The van der Waals surface area contributed by atoms with Crippen LogP contribution < -0.4 is 0 Å². The molecular weight excluding hydrogens is 885 g/mol. The van der Waals surface area contributed by atoms with Crippen molar-refractivity contribution >= 4 is 16.6 Å². The van der Waals surface area contributed by atoms with E-state index in [1.54, 1.807) is 0 Å². The Kier molecular flexibility index (Phi) is 44.5. The number of benzene rings is 1. The molecule has 2 atom stereocenters. The second-order valence-electron chi connectivity index (χ2n) is 24.0. The van der Waals surface area contributed by atoms with Gasteiger partial charge in [0.05, 0.1) is 39.1 Å². The lowest BCUT2D eigenvalue weighted by Crippen LogP contribution is -2.43. The molecule has 0 unspecified atom stereocenters. The van der Waals surface area contributed by atoms with E-state index >= 15 is 0 Å². The molecule has 0 aliphatic carbocycles. The topological polar surface area (TPSA) is 66.4 Å². The van der Waals surface area contributed by atoms with Gasteiger partial charge >= 0.3 is 0 Å². The van der Waals surface area contributed by atoms with Gasteiger partial charge < -0.3 is 28.2 Å². The van der Waals surface area contributed by atoms with Gasteiger partial charge in [0.1, 0.15) is 6.10 Å². The third kappa shape index (κ3) is 42.5. The minimum Gasteiger partial charge on any atom is -0.414 e. The highest BCUT2D eigenvalue weighted by atomic mass is 28.4. The summed E-state index contributed by atoms with van der Waals surface area (Å²) in [6.07, 6.45) is 43.9. The molecule has 0 fully saturated rings. The van der Waals surface area contributed by atoms with Gasteiger partial charge in [0.2, 0.25) is 0 Å². The van der Waals surface area contributed by atoms with E-state index < -0.39 is 22.7 Å². The second kappa shape index (κ2) is 44.9. The molecule has 0 aliphatic rings. The molecule has 8 heteroatoms. The highest BCUT2D eigenvalue weighted by Crippen LogP contribution is 2.37. The van der Waals surface area contributed by atoms with Gasteiger partial charge in [-0.15, -0.1) is 0 Å². The Morgan fingerprint density at radius 2 is 0.710 bits per heavy atom. The van der Waals surface area contributed by atoms with Gasteiger partial charge in [-0.2, -0.15) is 0 Å². The maximum absolute atomic E-state index is 10.1. The Labute approximate surface area is 434 Å². The summed E-state index contributed by atoms with van der Waals surface area (Å²) in [7, 11) is -3.58. The molecule has 1 aromatic rings. The van der Waals surface area contributed by atoms with Crippen molar-refractivity contribution in [1.29, 1.82) is 0 Å². The number of aliphatic hydroxyl groups excluding tert-OH is 1. The van der Waals surface area contributed by atoms with Crippen LogP contribution in [-0.2, 0) is 29.7 Å². The Hall–Kier alpha value is -0.586. The molecule has 1 N–H and O–H groups in total. The van der Waals surface area contributed by atoms with Crippen molar-refractivity contribution in [3.63, 3.8) is 0 Å². The summed E-state index contributed by atoms with van der Waals surface area (Å²) < 4.78 is 30.5. The van der Waals surface area contributed by atoms with Crippen molar-refractivity contribution in [2.75, 3.05) is 39.6 Å². The molecule has 0 saturated heterocycles. The summed E-state index contributed by atoms with van der Waals surface area (Å²) in [6.45, 7) is 31.4. The molecule has 0 radical (unpaired) electrons. The van der Waals surface area contributed by atoms with Crippen LogP contribution in [0.1, 0.15) is 266 Å². The predicted octanol–water partition coefficient (Wildman–Crippen LogP) is 19.5. The molecule has 1 rings (SSSR count). The zero-order chi connectivity index (χ0) is 51.4. The maximum atomic E-state index is 10.1. The largest absolute Gasteiger partial charge is 0.414 e. The number of hydrogen-bond acceptors (Lipinski definition) is 6. The normalized spacial score (nSPS) is 13.4. The quantitative estimate of drug-likeness (QED) is 0.0518. The van der Waals surface area contributed by atoms with Crippen LogP contribution in [0.4, 0.5) is 0 Å². The molecule has 0 aliphatic heterocycles. The molecule has 0 bridgehead atoms. The Bertz CT molecular complexity index is 1200. The van der Waals surface area contributed by atoms with E-state index in [0.717, 1.165) is 26.1 Å². The fourth-order valence-corrected chi connectivity index (χ4v) is 10.0. The van der Waals surface area contributed by atoms with Crippen molar-refractivity contribution in [1.82, 2.24) is 0 Å². The average Bonchev–Trinajstić information content (AvgIpc) is 3.30. The third-order valence-corrected chi connectivity index (χ3v) is 24.1. The molecule has 0 spiro atoms. The van der Waals surface area contributed by atoms with Crippen LogP contribution in [0.2, 0.25) is 36.3 Å². The van der Waals surface area contributed by atoms with Crippen LogP contribution >= 0.6 is 0 Å². The van der Waals surface area contributed by atoms with E-state index in [1.165, 1.54) is 198 Å². The molecule has 1 aromatic carbocycles. The zero-order valence-corrected chi connectivity index (χ0v) is 50.6. The monoisotopic (exact) mass is 1010 g/mol.